The van der Waals surface area contributed by atoms with Crippen LogP contribution in [-0.2, 0) is 9.59 Å². The Labute approximate surface area is 122 Å². The Morgan fingerprint density at radius 3 is 2.75 bits per heavy atom. The number of rotatable bonds is 9. The number of hydrogen-bond acceptors (Lipinski definition) is 2. The van der Waals surface area contributed by atoms with E-state index in [1.165, 1.54) is 19.3 Å². The number of carboxylic acid groups (broad SMARTS) is 1. The van der Waals surface area contributed by atoms with Crippen LogP contribution >= 0.6 is 0 Å². The fourth-order valence-electron chi connectivity index (χ4n) is 3.22. The molecule has 20 heavy (non-hydrogen) atoms. The molecule has 1 aliphatic carbocycles. The smallest absolute Gasteiger partial charge is 0.303 e. The van der Waals surface area contributed by atoms with E-state index in [4.69, 9.17) is 5.11 Å². The zero-order valence-corrected chi connectivity index (χ0v) is 12.8. The first-order valence-electron chi connectivity index (χ1n) is 7.95. The van der Waals surface area contributed by atoms with Gasteiger partial charge >= 0.3 is 5.97 Å². The highest BCUT2D eigenvalue weighted by atomic mass is 16.4. The number of ketones is 1. The number of aliphatic carboxylic acids is 1. The molecular formula is C17H28O3. The first-order valence-corrected chi connectivity index (χ1v) is 7.95. The van der Waals surface area contributed by atoms with Crippen molar-refractivity contribution in [2.75, 3.05) is 0 Å². The van der Waals surface area contributed by atoms with Crippen LogP contribution in [0.2, 0.25) is 0 Å². The molecule has 0 aromatic heterocycles. The average molecular weight is 280 g/mol. The van der Waals surface area contributed by atoms with Gasteiger partial charge in [0.15, 0.2) is 0 Å². The van der Waals surface area contributed by atoms with E-state index in [2.05, 4.69) is 19.9 Å². The van der Waals surface area contributed by atoms with Gasteiger partial charge in [-0.25, -0.2) is 0 Å². The number of unbranched alkanes of at least 4 members (excludes halogenated alkanes) is 2. The maximum absolute atomic E-state index is 12.1. The van der Waals surface area contributed by atoms with Crippen LogP contribution in [0.3, 0.4) is 0 Å². The molecule has 114 valence electrons. The number of Topliss-reactive ketones (excluding diaryl/α,β-unsaturated/α-hetero) is 1. The lowest BCUT2D eigenvalue weighted by atomic mass is 9.84. The highest BCUT2D eigenvalue weighted by Gasteiger charge is 2.38. The second-order valence-electron chi connectivity index (χ2n) is 6.05. The average Bonchev–Trinajstić information content (AvgIpc) is 2.65. The van der Waals surface area contributed by atoms with Gasteiger partial charge in [-0.15, -0.1) is 0 Å². The predicted molar refractivity (Wildman–Crippen MR) is 80.5 cm³/mol. The lowest BCUT2D eigenvalue weighted by Crippen LogP contribution is -2.16. The van der Waals surface area contributed by atoms with E-state index in [-0.39, 0.29) is 12.3 Å². The summed E-state index contributed by atoms with van der Waals surface area (Å²) in [7, 11) is 0. The van der Waals surface area contributed by atoms with Gasteiger partial charge in [-0.2, -0.15) is 0 Å². The molecule has 3 atom stereocenters. The third kappa shape index (κ3) is 5.48. The standard InChI is InChI=1S/C17H28O3/c1-3-4-9-14-13(2)12-16(18)15(14)10-7-5-6-8-11-17(19)20/h5,7,13-15H,3-4,6,8-12H2,1-2H3,(H,19,20)/b7-5-/t13?,14-,15+/m0/s1. The first kappa shape index (κ1) is 16.9. The molecule has 0 aromatic rings. The Kier molecular flexibility index (Phi) is 7.56. The summed E-state index contributed by atoms with van der Waals surface area (Å²) in [6.07, 6.45) is 11.0. The molecule has 1 fully saturated rings. The third-order valence-corrected chi connectivity index (χ3v) is 4.39. The van der Waals surface area contributed by atoms with Crippen molar-refractivity contribution in [3.05, 3.63) is 12.2 Å². The van der Waals surface area contributed by atoms with E-state index in [9.17, 15) is 9.59 Å². The fraction of sp³-hybridized carbons (Fsp3) is 0.765. The van der Waals surface area contributed by atoms with Crippen LogP contribution < -0.4 is 0 Å². The molecule has 0 aliphatic heterocycles. The molecule has 0 heterocycles. The molecule has 1 rings (SSSR count). The monoisotopic (exact) mass is 280 g/mol. The van der Waals surface area contributed by atoms with Crippen molar-refractivity contribution in [3.8, 4) is 0 Å². The molecule has 0 amide bonds. The van der Waals surface area contributed by atoms with E-state index >= 15 is 0 Å². The molecule has 1 unspecified atom stereocenters. The molecule has 3 heteroatoms. The largest absolute Gasteiger partial charge is 0.481 e. The van der Waals surface area contributed by atoms with E-state index in [0.29, 0.717) is 24.0 Å². The van der Waals surface area contributed by atoms with Crippen molar-refractivity contribution in [2.24, 2.45) is 17.8 Å². The minimum atomic E-state index is -0.738. The zero-order chi connectivity index (χ0) is 15.0. The van der Waals surface area contributed by atoms with Gasteiger partial charge in [0.05, 0.1) is 0 Å². The molecule has 0 radical (unpaired) electrons. The van der Waals surface area contributed by atoms with Gasteiger partial charge in [0.25, 0.3) is 0 Å². The lowest BCUT2D eigenvalue weighted by Gasteiger charge is -2.20. The van der Waals surface area contributed by atoms with Crippen LogP contribution in [0.25, 0.3) is 0 Å². The summed E-state index contributed by atoms with van der Waals surface area (Å²) in [6, 6.07) is 0. The molecule has 1 aliphatic rings. The van der Waals surface area contributed by atoms with E-state index < -0.39 is 5.97 Å². The van der Waals surface area contributed by atoms with Crippen LogP contribution in [-0.4, -0.2) is 16.9 Å². The van der Waals surface area contributed by atoms with Crippen LogP contribution in [0, 0.1) is 17.8 Å². The summed E-state index contributed by atoms with van der Waals surface area (Å²) in [5, 5.41) is 8.55. The molecule has 3 nitrogen and oxygen atoms in total. The molecule has 0 saturated heterocycles. The van der Waals surface area contributed by atoms with Gasteiger partial charge in [0.2, 0.25) is 0 Å². The molecule has 0 aromatic carbocycles. The van der Waals surface area contributed by atoms with Crippen molar-refractivity contribution in [3.63, 3.8) is 0 Å². The van der Waals surface area contributed by atoms with E-state index in [0.717, 1.165) is 19.3 Å². The first-order chi connectivity index (χ1) is 9.56. The normalized spacial score (nSPS) is 26.5. The second-order valence-corrected chi connectivity index (χ2v) is 6.05. The van der Waals surface area contributed by atoms with Gasteiger partial charge < -0.3 is 5.11 Å². The number of carbonyl (C=O) groups is 2. The Balaban J connectivity index is 2.37. The van der Waals surface area contributed by atoms with Crippen LogP contribution in [0.15, 0.2) is 12.2 Å². The van der Waals surface area contributed by atoms with Crippen molar-refractivity contribution >= 4 is 11.8 Å². The molecule has 0 bridgehead atoms. The summed E-state index contributed by atoms with van der Waals surface area (Å²) < 4.78 is 0. The summed E-state index contributed by atoms with van der Waals surface area (Å²) in [6.45, 7) is 4.40. The van der Waals surface area contributed by atoms with Gasteiger partial charge in [0, 0.05) is 18.8 Å². The van der Waals surface area contributed by atoms with Crippen molar-refractivity contribution < 1.29 is 14.7 Å². The highest BCUT2D eigenvalue weighted by Crippen LogP contribution is 2.39. The van der Waals surface area contributed by atoms with Gasteiger partial charge in [-0.3, -0.25) is 9.59 Å². The number of hydrogen-bond donors (Lipinski definition) is 1. The fourth-order valence-corrected chi connectivity index (χ4v) is 3.22. The maximum Gasteiger partial charge on any atom is 0.303 e. The summed E-state index contributed by atoms with van der Waals surface area (Å²) in [4.78, 5) is 22.5. The lowest BCUT2D eigenvalue weighted by molar-refractivity contribution is -0.137. The number of carboxylic acids is 1. The summed E-state index contributed by atoms with van der Waals surface area (Å²) >= 11 is 0. The summed E-state index contributed by atoms with van der Waals surface area (Å²) in [5.74, 6) is 0.962. The Bertz CT molecular complexity index is 346. The number of allylic oxidation sites excluding steroid dienone is 2. The minimum Gasteiger partial charge on any atom is -0.481 e. The van der Waals surface area contributed by atoms with E-state index in [1.54, 1.807) is 0 Å². The molecule has 1 saturated carbocycles. The SMILES string of the molecule is CCCC[C@H]1C(C)CC(=O)[C@@H]1C/C=C\CCCC(=O)O. The molecule has 1 N–H and O–H groups in total. The Morgan fingerprint density at radius 1 is 1.35 bits per heavy atom. The Morgan fingerprint density at radius 2 is 2.10 bits per heavy atom. The predicted octanol–water partition coefficient (Wildman–Crippen LogP) is 4.22. The molecular weight excluding hydrogens is 252 g/mol. The van der Waals surface area contributed by atoms with Crippen molar-refractivity contribution in [1.82, 2.24) is 0 Å². The van der Waals surface area contributed by atoms with Gasteiger partial charge in [-0.05, 0) is 37.5 Å². The Hall–Kier alpha value is -1.12. The third-order valence-electron chi connectivity index (χ3n) is 4.39. The number of carbonyl (C=O) groups excluding carboxylic acids is 1. The van der Waals surface area contributed by atoms with Crippen LogP contribution in [0.4, 0.5) is 0 Å². The summed E-state index contributed by atoms with van der Waals surface area (Å²) in [5.41, 5.74) is 0. The van der Waals surface area contributed by atoms with Crippen molar-refractivity contribution in [2.45, 2.75) is 65.2 Å². The molecule has 0 spiro atoms. The quantitative estimate of drug-likeness (QED) is 0.508. The highest BCUT2D eigenvalue weighted by molar-refractivity contribution is 5.84. The van der Waals surface area contributed by atoms with Crippen LogP contribution in [0.5, 0.6) is 0 Å². The van der Waals surface area contributed by atoms with Crippen LogP contribution in [0.1, 0.15) is 65.2 Å². The second kappa shape index (κ2) is 8.93. The topological polar surface area (TPSA) is 54.4 Å². The van der Waals surface area contributed by atoms with E-state index in [1.807, 2.05) is 6.08 Å². The van der Waals surface area contributed by atoms with Gasteiger partial charge in [0.1, 0.15) is 5.78 Å². The van der Waals surface area contributed by atoms with Crippen molar-refractivity contribution in [1.29, 1.82) is 0 Å². The minimum absolute atomic E-state index is 0.201. The maximum atomic E-state index is 12.1. The van der Waals surface area contributed by atoms with Gasteiger partial charge in [-0.1, -0.05) is 38.8 Å². The zero-order valence-electron chi connectivity index (χ0n) is 12.8.